The van der Waals surface area contributed by atoms with Crippen molar-refractivity contribution in [2.24, 2.45) is 0 Å². The average molecular weight is 974 g/mol. The number of fused-ring (bicyclic) bond motifs is 2. The molecule has 0 atom stereocenters. The van der Waals surface area contributed by atoms with Gasteiger partial charge in [0.1, 0.15) is 28.9 Å². The number of aromatic amines is 3. The molecule has 7 N–H and O–H groups in total. The third-order valence-electron chi connectivity index (χ3n) is 8.92. The van der Waals surface area contributed by atoms with Crippen molar-refractivity contribution in [3.8, 4) is 23.0 Å². The number of alkyl halides is 1. The Morgan fingerprint density at radius 1 is 0.692 bits per heavy atom. The lowest BCUT2D eigenvalue weighted by Crippen LogP contribution is -2.16. The van der Waals surface area contributed by atoms with Crippen molar-refractivity contribution < 1.29 is 29.3 Å². The van der Waals surface area contributed by atoms with Crippen LogP contribution in [0.15, 0.2) is 127 Å². The first-order chi connectivity index (χ1) is 30.9. The number of carbonyl (C=O) groups excluding carboxylic acids is 2. The van der Waals surface area contributed by atoms with Crippen LogP contribution in [0, 0.1) is 4.77 Å². The number of benzene rings is 4. The monoisotopic (exact) mass is 972 g/mol. The number of pyridine rings is 2. The molecule has 0 fully saturated rings. The number of hydrogen-bond donors (Lipinski definition) is 7. The van der Waals surface area contributed by atoms with Crippen LogP contribution in [0.3, 0.4) is 0 Å². The van der Waals surface area contributed by atoms with E-state index in [1.54, 1.807) is 137 Å². The summed E-state index contributed by atoms with van der Waals surface area (Å²) < 4.78 is 11.8. The number of ether oxygens (including phenoxy) is 2. The zero-order valence-corrected chi connectivity index (χ0v) is 39.2. The Morgan fingerprint density at radius 3 is 1.69 bits per heavy atom. The first kappa shape index (κ1) is 48.5. The van der Waals surface area contributed by atoms with Crippen LogP contribution < -0.4 is 20.1 Å². The van der Waals surface area contributed by atoms with Crippen molar-refractivity contribution in [2.45, 2.75) is 44.1 Å². The molecule has 0 aliphatic carbocycles. The molecule has 0 bridgehead atoms. The van der Waals surface area contributed by atoms with E-state index in [0.717, 1.165) is 16.6 Å². The summed E-state index contributed by atoms with van der Waals surface area (Å²) >= 11 is 23.8. The molecule has 65 heavy (non-hydrogen) atoms. The number of hydrogen-bond acceptors (Lipinski definition) is 11. The Morgan fingerprint density at radius 2 is 1.20 bits per heavy atom. The Balaban J connectivity index is 0.000000178. The molecule has 4 aromatic heterocycles. The third-order valence-corrected chi connectivity index (χ3v) is 10.7. The summed E-state index contributed by atoms with van der Waals surface area (Å²) in [5.74, 6) is 2.32. The van der Waals surface area contributed by atoms with E-state index in [-0.39, 0.29) is 23.4 Å². The van der Waals surface area contributed by atoms with E-state index in [2.05, 4.69) is 40.5 Å². The van der Waals surface area contributed by atoms with Crippen molar-refractivity contribution in [3.05, 3.63) is 148 Å². The van der Waals surface area contributed by atoms with Gasteiger partial charge in [0.25, 0.3) is 0 Å². The van der Waals surface area contributed by atoms with Crippen molar-refractivity contribution in [1.82, 2.24) is 29.9 Å². The summed E-state index contributed by atoms with van der Waals surface area (Å²) in [6.07, 6.45) is 6.61. The van der Waals surface area contributed by atoms with Gasteiger partial charge in [0, 0.05) is 44.9 Å². The number of H-pyrrole nitrogens is 3. The molecule has 0 aliphatic heterocycles. The minimum absolute atomic E-state index is 0.0616. The molecule has 336 valence electrons. The second-order valence-corrected chi connectivity index (χ2v) is 17.6. The number of amides is 2. The molecule has 2 amide bonds. The average Bonchev–Trinajstić information content (AvgIpc) is 3.86. The Bertz CT molecular complexity index is 2920. The van der Waals surface area contributed by atoms with Crippen molar-refractivity contribution in [1.29, 1.82) is 0 Å². The lowest BCUT2D eigenvalue weighted by atomic mass is 9.97. The molecule has 0 saturated heterocycles. The number of nitrogens with one attached hydrogen (secondary N) is 5. The number of nitrogens with zero attached hydrogens (tertiary/aromatic N) is 3. The maximum Gasteiger partial charge on any atom is 0.239 e. The fourth-order valence-corrected chi connectivity index (χ4v) is 7.40. The highest BCUT2D eigenvalue weighted by Gasteiger charge is 2.23. The zero-order valence-electron chi connectivity index (χ0n) is 35.3. The number of thioether (sulfide) groups is 1. The lowest BCUT2D eigenvalue weighted by molar-refractivity contribution is -0.114. The minimum atomic E-state index is -1.09. The summed E-state index contributed by atoms with van der Waals surface area (Å²) in [6, 6.07) is 28.3. The molecular formula is C46H43Cl3N8O6S2. The van der Waals surface area contributed by atoms with Gasteiger partial charge in [-0.3, -0.25) is 19.6 Å². The fraction of sp³-hybridized carbons (Fsp3) is 0.174. The van der Waals surface area contributed by atoms with Gasteiger partial charge in [-0.15, -0.1) is 11.6 Å². The van der Waals surface area contributed by atoms with Gasteiger partial charge in [-0.1, -0.05) is 35.0 Å². The highest BCUT2D eigenvalue weighted by Crippen LogP contribution is 2.33. The maximum atomic E-state index is 12.4. The van der Waals surface area contributed by atoms with E-state index in [1.165, 1.54) is 11.8 Å². The number of aromatic nitrogens is 6. The summed E-state index contributed by atoms with van der Waals surface area (Å²) in [4.78, 5) is 45.1. The van der Waals surface area contributed by atoms with Crippen LogP contribution in [0.2, 0.25) is 10.0 Å². The van der Waals surface area contributed by atoms with Crippen LogP contribution in [0.1, 0.15) is 38.8 Å². The quantitative estimate of drug-likeness (QED) is 0.0349. The summed E-state index contributed by atoms with van der Waals surface area (Å²) in [5.41, 5.74) is 3.61. The largest absolute Gasteiger partial charge is 0.456 e. The van der Waals surface area contributed by atoms with E-state index in [4.69, 9.17) is 56.5 Å². The molecule has 0 aliphatic rings. The molecule has 8 rings (SSSR count). The molecule has 0 saturated carbocycles. The Hall–Kier alpha value is -5.98. The molecule has 4 aromatic carbocycles. The van der Waals surface area contributed by atoms with Crippen molar-refractivity contribution in [2.75, 3.05) is 22.3 Å². The van der Waals surface area contributed by atoms with Crippen LogP contribution in [-0.2, 0) is 20.8 Å². The van der Waals surface area contributed by atoms with Gasteiger partial charge < -0.3 is 45.3 Å². The topological polar surface area (TPSA) is 203 Å². The first-order valence-corrected chi connectivity index (χ1v) is 22.3. The van der Waals surface area contributed by atoms with Gasteiger partial charge in [-0.25, -0.2) is 4.98 Å². The van der Waals surface area contributed by atoms with E-state index in [9.17, 15) is 19.8 Å². The molecule has 4 heterocycles. The summed E-state index contributed by atoms with van der Waals surface area (Å²) in [6.45, 7) is 6.78. The number of carbonyl (C=O) groups is 2. The van der Waals surface area contributed by atoms with E-state index >= 15 is 0 Å². The van der Waals surface area contributed by atoms with Gasteiger partial charge in [-0.2, -0.15) is 0 Å². The predicted octanol–water partition coefficient (Wildman–Crippen LogP) is 11.5. The number of halogens is 3. The molecule has 0 radical (unpaired) electrons. The number of anilines is 2. The van der Waals surface area contributed by atoms with E-state index < -0.39 is 11.2 Å². The van der Waals surface area contributed by atoms with Gasteiger partial charge in [0.15, 0.2) is 9.93 Å². The molecule has 14 nitrogen and oxygen atoms in total. The minimum Gasteiger partial charge on any atom is -0.456 e. The van der Waals surface area contributed by atoms with Crippen LogP contribution in [0.25, 0.3) is 22.1 Å². The third kappa shape index (κ3) is 14.3. The molecular weight excluding hydrogens is 931 g/mol. The fourth-order valence-electron chi connectivity index (χ4n) is 6.01. The molecule has 8 aromatic rings. The summed E-state index contributed by atoms with van der Waals surface area (Å²) in [7, 11) is 0. The van der Waals surface area contributed by atoms with Crippen LogP contribution in [-0.4, -0.2) is 63.6 Å². The van der Waals surface area contributed by atoms with Crippen LogP contribution in [0.5, 0.6) is 23.0 Å². The van der Waals surface area contributed by atoms with E-state index in [0.29, 0.717) is 70.9 Å². The second-order valence-electron chi connectivity index (χ2n) is 15.1. The normalized spacial score (nSPS) is 11.2. The second kappa shape index (κ2) is 21.8. The van der Waals surface area contributed by atoms with Gasteiger partial charge >= 0.3 is 0 Å². The van der Waals surface area contributed by atoms with Crippen molar-refractivity contribution >= 4 is 104 Å². The highest BCUT2D eigenvalue weighted by molar-refractivity contribution is 7.99. The SMILES string of the molecule is CC(C)(O)c1cc(Cl)cc2[nH]c(=S)[nH]c12.CC(C)(O)c1cc(Cl)cc2[nH]c(SCC(=O)Nc3ccc(Oc4cccnc4)cc3)nc12.O=C(CCl)Nc1ccc(Oc2cccnc2)cc1. The zero-order chi connectivity index (χ0) is 46.7. The van der Waals surface area contributed by atoms with E-state index in [1.807, 2.05) is 12.1 Å². The Labute approximate surface area is 398 Å². The number of imidazole rings is 2. The highest BCUT2D eigenvalue weighted by atomic mass is 35.5. The maximum absolute atomic E-state index is 12.4. The van der Waals surface area contributed by atoms with Crippen LogP contribution in [0.4, 0.5) is 11.4 Å². The van der Waals surface area contributed by atoms with Gasteiger partial charge in [0.2, 0.25) is 11.8 Å². The smallest absolute Gasteiger partial charge is 0.239 e. The predicted molar refractivity (Wildman–Crippen MR) is 260 cm³/mol. The number of aliphatic hydroxyl groups is 2. The first-order valence-electron chi connectivity index (χ1n) is 19.6. The molecule has 19 heteroatoms. The van der Waals surface area contributed by atoms with Crippen molar-refractivity contribution in [3.63, 3.8) is 0 Å². The lowest BCUT2D eigenvalue weighted by Gasteiger charge is -2.18. The molecule has 0 spiro atoms. The molecule has 0 unspecified atom stereocenters. The summed E-state index contributed by atoms with van der Waals surface area (Å²) in [5, 5.41) is 27.5. The van der Waals surface area contributed by atoms with Gasteiger partial charge in [0.05, 0.1) is 51.4 Å². The van der Waals surface area contributed by atoms with Gasteiger partial charge in [-0.05, 0) is 137 Å². The Kier molecular flexibility index (Phi) is 16.3. The van der Waals surface area contributed by atoms with Crippen LogP contribution >= 0.6 is 58.8 Å². The number of rotatable bonds is 12. The standard InChI is InChI=1S/C23H21ClN4O3S.C13H11ClN2O2.C10H11ClN2OS/c1-23(2,30)18-10-14(24)11-19-21(18)28-22(27-19)32-13-20(29)26-15-5-7-16(8-6-15)31-17-4-3-9-25-12-17;14-8-13(17)16-10-3-5-11(6-4-10)18-12-2-1-7-15-9-12;1-10(2,14)6-3-5(11)4-7-8(6)13-9(15)12-7/h3-12,30H,13H2,1-2H3,(H,26,29)(H,27,28);1-7,9H,8H2,(H,16,17);3-4,14H,1-2H3,(H2,12,13,15).